The fourth-order valence-corrected chi connectivity index (χ4v) is 4.47. The molecule has 0 aromatic carbocycles. The van der Waals surface area contributed by atoms with Crippen molar-refractivity contribution in [2.24, 2.45) is 28.4 Å². The first-order chi connectivity index (χ1) is 9.59. The van der Waals surface area contributed by atoms with Gasteiger partial charge < -0.3 is 5.73 Å². The van der Waals surface area contributed by atoms with Gasteiger partial charge in [-0.25, -0.2) is 0 Å². The Morgan fingerprint density at radius 1 is 0.762 bits per heavy atom. The summed E-state index contributed by atoms with van der Waals surface area (Å²) in [6.45, 7) is 16.9. The summed E-state index contributed by atoms with van der Waals surface area (Å²) in [7, 11) is 0. The molecular formula is C19H38N2. The average Bonchev–Trinajstić information content (AvgIpc) is 2.37. The molecule has 0 amide bonds. The lowest BCUT2D eigenvalue weighted by atomic mass is 9.69. The molecule has 0 aromatic heterocycles. The second kappa shape index (κ2) is 6.20. The molecule has 2 fully saturated rings. The lowest BCUT2D eigenvalue weighted by Crippen LogP contribution is -2.55. The lowest BCUT2D eigenvalue weighted by Gasteiger charge is -2.48. The quantitative estimate of drug-likeness (QED) is 0.782. The van der Waals surface area contributed by atoms with Gasteiger partial charge in [0.25, 0.3) is 0 Å². The molecule has 21 heavy (non-hydrogen) atoms. The van der Waals surface area contributed by atoms with Crippen LogP contribution in [0.5, 0.6) is 0 Å². The second-order valence-corrected chi connectivity index (χ2v) is 9.78. The smallest absolute Gasteiger partial charge is 0.0250 e. The Bertz CT molecular complexity index is 328. The molecule has 3 unspecified atom stereocenters. The van der Waals surface area contributed by atoms with E-state index in [9.17, 15) is 0 Å². The Morgan fingerprint density at radius 3 is 1.76 bits per heavy atom. The summed E-state index contributed by atoms with van der Waals surface area (Å²) in [6, 6.07) is 1.03. The molecule has 1 heterocycles. The molecule has 2 N–H and O–H groups in total. The normalized spacial score (nSPS) is 34.1. The maximum Gasteiger partial charge on any atom is 0.0250 e. The highest BCUT2D eigenvalue weighted by atomic mass is 15.2. The summed E-state index contributed by atoms with van der Waals surface area (Å²) >= 11 is 0. The number of likely N-dealkylation sites (tertiary alicyclic amines) is 1. The van der Waals surface area contributed by atoms with Crippen LogP contribution in [0.25, 0.3) is 0 Å². The Hall–Kier alpha value is -0.0800. The van der Waals surface area contributed by atoms with Crippen molar-refractivity contribution in [3.63, 3.8) is 0 Å². The second-order valence-electron chi connectivity index (χ2n) is 9.78. The van der Waals surface area contributed by atoms with E-state index in [0.717, 1.165) is 11.8 Å². The van der Waals surface area contributed by atoms with Crippen molar-refractivity contribution < 1.29 is 0 Å². The molecule has 124 valence electrons. The zero-order valence-electron chi connectivity index (χ0n) is 15.3. The van der Waals surface area contributed by atoms with Crippen molar-refractivity contribution >= 4 is 0 Å². The minimum absolute atomic E-state index is 0.398. The van der Waals surface area contributed by atoms with E-state index < -0.39 is 0 Å². The molecule has 2 heteroatoms. The van der Waals surface area contributed by atoms with Gasteiger partial charge in [-0.15, -0.1) is 0 Å². The Morgan fingerprint density at radius 2 is 1.29 bits per heavy atom. The van der Waals surface area contributed by atoms with E-state index in [-0.39, 0.29) is 0 Å². The van der Waals surface area contributed by atoms with Gasteiger partial charge in [-0.05, 0) is 67.9 Å². The fraction of sp³-hybridized carbons (Fsp3) is 1.00. The number of nitrogens with zero attached hydrogens (tertiary/aromatic N) is 1. The van der Waals surface area contributed by atoms with Gasteiger partial charge in [0, 0.05) is 12.1 Å². The molecule has 0 spiro atoms. The Labute approximate surface area is 132 Å². The number of nitrogens with two attached hydrogens (primary N) is 1. The van der Waals surface area contributed by atoms with Crippen LogP contribution in [-0.2, 0) is 0 Å². The van der Waals surface area contributed by atoms with Crippen molar-refractivity contribution in [2.45, 2.75) is 85.7 Å². The van der Waals surface area contributed by atoms with Crippen molar-refractivity contribution in [2.75, 3.05) is 13.1 Å². The SMILES string of the molecule is CC(C)(C)C1CCN(C2CC(C(C)(C)C)CCC2N)CC1. The average molecular weight is 295 g/mol. The van der Waals surface area contributed by atoms with E-state index in [1.54, 1.807) is 0 Å². The van der Waals surface area contributed by atoms with Gasteiger partial charge >= 0.3 is 0 Å². The van der Waals surface area contributed by atoms with E-state index >= 15 is 0 Å². The van der Waals surface area contributed by atoms with Crippen LogP contribution in [0.3, 0.4) is 0 Å². The summed E-state index contributed by atoms with van der Waals surface area (Å²) in [4.78, 5) is 2.73. The third kappa shape index (κ3) is 4.22. The zero-order valence-corrected chi connectivity index (χ0v) is 15.3. The van der Waals surface area contributed by atoms with Crippen molar-refractivity contribution in [1.82, 2.24) is 4.90 Å². The van der Waals surface area contributed by atoms with Crippen LogP contribution in [0.4, 0.5) is 0 Å². The predicted molar refractivity (Wildman–Crippen MR) is 92.3 cm³/mol. The number of hydrogen-bond donors (Lipinski definition) is 1. The monoisotopic (exact) mass is 294 g/mol. The summed E-state index contributed by atoms with van der Waals surface area (Å²) in [5.41, 5.74) is 7.39. The molecule has 1 saturated heterocycles. The zero-order chi connectivity index (χ0) is 15.8. The number of rotatable bonds is 1. The highest BCUT2D eigenvalue weighted by molar-refractivity contribution is 4.94. The minimum atomic E-state index is 0.398. The van der Waals surface area contributed by atoms with E-state index in [1.165, 1.54) is 45.2 Å². The largest absolute Gasteiger partial charge is 0.326 e. The van der Waals surface area contributed by atoms with Gasteiger partial charge in [-0.1, -0.05) is 41.5 Å². The molecule has 1 aliphatic carbocycles. The van der Waals surface area contributed by atoms with Crippen LogP contribution < -0.4 is 5.73 Å². The molecule has 1 aliphatic heterocycles. The highest BCUT2D eigenvalue weighted by Crippen LogP contribution is 2.41. The van der Waals surface area contributed by atoms with Gasteiger partial charge in [-0.3, -0.25) is 4.90 Å². The van der Waals surface area contributed by atoms with E-state index in [1.807, 2.05) is 0 Å². The van der Waals surface area contributed by atoms with Gasteiger partial charge in [-0.2, -0.15) is 0 Å². The standard InChI is InChI=1S/C19H38N2/c1-18(2,3)14-9-11-21(12-10-14)17-13-15(19(4,5)6)7-8-16(17)20/h14-17H,7-13,20H2,1-6H3. The maximum absolute atomic E-state index is 6.49. The number of piperidine rings is 1. The molecule has 0 bridgehead atoms. The topological polar surface area (TPSA) is 29.3 Å². The van der Waals surface area contributed by atoms with Gasteiger partial charge in [0.2, 0.25) is 0 Å². The third-order valence-electron chi connectivity index (χ3n) is 6.32. The predicted octanol–water partition coefficient (Wildman–Crippen LogP) is 4.29. The van der Waals surface area contributed by atoms with Crippen molar-refractivity contribution in [3.05, 3.63) is 0 Å². The first-order valence-electron chi connectivity index (χ1n) is 9.08. The van der Waals surface area contributed by atoms with Crippen LogP contribution >= 0.6 is 0 Å². The number of hydrogen-bond acceptors (Lipinski definition) is 2. The van der Waals surface area contributed by atoms with Crippen LogP contribution in [0.1, 0.15) is 73.6 Å². The first-order valence-corrected chi connectivity index (χ1v) is 9.08. The summed E-state index contributed by atoms with van der Waals surface area (Å²) < 4.78 is 0. The first kappa shape index (κ1) is 17.3. The summed E-state index contributed by atoms with van der Waals surface area (Å²) in [6.07, 6.45) is 6.55. The fourth-order valence-electron chi connectivity index (χ4n) is 4.47. The molecule has 3 atom stereocenters. The van der Waals surface area contributed by atoms with Gasteiger partial charge in [0.15, 0.2) is 0 Å². The lowest BCUT2D eigenvalue weighted by molar-refractivity contribution is 0.0301. The summed E-state index contributed by atoms with van der Waals surface area (Å²) in [5.74, 6) is 1.72. The molecule has 0 radical (unpaired) electrons. The van der Waals surface area contributed by atoms with Gasteiger partial charge in [0.1, 0.15) is 0 Å². The van der Waals surface area contributed by atoms with Gasteiger partial charge in [0.05, 0.1) is 0 Å². The van der Waals surface area contributed by atoms with E-state index in [2.05, 4.69) is 46.4 Å². The van der Waals surface area contributed by atoms with Crippen LogP contribution in [0, 0.1) is 22.7 Å². The maximum atomic E-state index is 6.49. The molecule has 1 saturated carbocycles. The van der Waals surface area contributed by atoms with Crippen molar-refractivity contribution in [1.29, 1.82) is 0 Å². The molecular weight excluding hydrogens is 256 g/mol. The van der Waals surface area contributed by atoms with Crippen LogP contribution in [0.15, 0.2) is 0 Å². The molecule has 2 aliphatic rings. The molecule has 0 aromatic rings. The van der Waals surface area contributed by atoms with Crippen LogP contribution in [-0.4, -0.2) is 30.1 Å². The Kier molecular flexibility index (Phi) is 5.10. The van der Waals surface area contributed by atoms with E-state index in [4.69, 9.17) is 5.73 Å². The molecule has 2 rings (SSSR count). The third-order valence-corrected chi connectivity index (χ3v) is 6.32. The summed E-state index contributed by atoms with van der Waals surface area (Å²) in [5, 5.41) is 0. The highest BCUT2D eigenvalue weighted by Gasteiger charge is 2.39. The molecule has 2 nitrogen and oxygen atoms in total. The minimum Gasteiger partial charge on any atom is -0.326 e. The Balaban J connectivity index is 1.95. The van der Waals surface area contributed by atoms with Crippen molar-refractivity contribution in [3.8, 4) is 0 Å². The van der Waals surface area contributed by atoms with E-state index in [0.29, 0.717) is 22.9 Å². The van der Waals surface area contributed by atoms with Crippen LogP contribution in [0.2, 0.25) is 0 Å².